The fourth-order valence-corrected chi connectivity index (χ4v) is 3.57. The molecule has 1 aromatic carbocycles. The first-order valence-electron chi connectivity index (χ1n) is 8.75. The average molecular weight is 337 g/mol. The molecule has 1 saturated heterocycles. The lowest BCUT2D eigenvalue weighted by Crippen LogP contribution is -2.42. The second kappa shape index (κ2) is 6.46. The molecule has 0 radical (unpaired) electrons. The lowest BCUT2D eigenvalue weighted by atomic mass is 10.1. The lowest BCUT2D eigenvalue weighted by Gasteiger charge is -2.30. The number of rotatable bonds is 3. The third-order valence-corrected chi connectivity index (χ3v) is 4.81. The molecule has 0 bridgehead atoms. The number of fused-ring (bicyclic) bond motifs is 1. The summed E-state index contributed by atoms with van der Waals surface area (Å²) in [5, 5.41) is 0.934. The molecule has 1 aliphatic heterocycles. The number of aryl methyl sites for hydroxylation is 1. The smallest absolute Gasteiger partial charge is 0.343 e. The topological polar surface area (TPSA) is 79.9 Å². The Morgan fingerprint density at radius 1 is 1.32 bits per heavy atom. The molecule has 25 heavy (non-hydrogen) atoms. The van der Waals surface area contributed by atoms with Gasteiger partial charge in [0.15, 0.2) is 0 Å². The molecule has 3 aromatic rings. The molecule has 130 valence electrons. The Kier molecular flexibility index (Phi) is 4.15. The Morgan fingerprint density at radius 3 is 2.88 bits per heavy atom. The van der Waals surface area contributed by atoms with Crippen LogP contribution in [0.5, 0.6) is 0 Å². The van der Waals surface area contributed by atoms with Crippen LogP contribution in [0.4, 0.5) is 0 Å². The Balaban J connectivity index is 1.57. The molecule has 6 heteroatoms. The van der Waals surface area contributed by atoms with Gasteiger partial charge < -0.3 is 10.7 Å². The third kappa shape index (κ3) is 3.36. The molecule has 1 atom stereocenters. The van der Waals surface area contributed by atoms with Gasteiger partial charge in [0.1, 0.15) is 5.65 Å². The van der Waals surface area contributed by atoms with Crippen molar-refractivity contribution >= 4 is 11.0 Å². The molecular weight excluding hydrogens is 314 g/mol. The van der Waals surface area contributed by atoms with E-state index in [-0.39, 0.29) is 11.7 Å². The maximum absolute atomic E-state index is 12.3. The van der Waals surface area contributed by atoms with Gasteiger partial charge in [0.2, 0.25) is 0 Å². The van der Waals surface area contributed by atoms with E-state index in [4.69, 9.17) is 5.73 Å². The van der Waals surface area contributed by atoms with E-state index in [1.807, 2.05) is 31.3 Å². The molecule has 3 N–H and O–H groups in total. The number of aromatic nitrogens is 3. The monoisotopic (exact) mass is 337 g/mol. The van der Waals surface area contributed by atoms with E-state index in [9.17, 15) is 4.79 Å². The number of nitrogens with zero attached hydrogens (tertiary/aromatic N) is 3. The average Bonchev–Trinajstić information content (AvgIpc) is 2.94. The fourth-order valence-electron chi connectivity index (χ4n) is 3.57. The number of nitrogens with two attached hydrogens (primary N) is 1. The number of aromatic amines is 1. The van der Waals surface area contributed by atoms with Crippen molar-refractivity contribution in [1.29, 1.82) is 0 Å². The summed E-state index contributed by atoms with van der Waals surface area (Å²) in [6.07, 6.45) is 4.12. The van der Waals surface area contributed by atoms with Gasteiger partial charge in [-0.3, -0.25) is 9.47 Å². The Bertz CT molecular complexity index is 941. The molecule has 1 fully saturated rings. The predicted octanol–water partition coefficient (Wildman–Crippen LogP) is 1.95. The summed E-state index contributed by atoms with van der Waals surface area (Å²) in [7, 11) is 0. The van der Waals surface area contributed by atoms with Crippen LogP contribution in [-0.4, -0.2) is 38.6 Å². The highest BCUT2D eigenvalue weighted by Gasteiger charge is 2.16. The van der Waals surface area contributed by atoms with E-state index in [1.54, 1.807) is 4.57 Å². The Morgan fingerprint density at radius 2 is 2.12 bits per heavy atom. The van der Waals surface area contributed by atoms with Crippen molar-refractivity contribution in [2.75, 3.05) is 13.1 Å². The van der Waals surface area contributed by atoms with Gasteiger partial charge in [-0.05, 0) is 50.1 Å². The molecule has 2 aromatic heterocycles. The van der Waals surface area contributed by atoms with Crippen molar-refractivity contribution < 1.29 is 0 Å². The summed E-state index contributed by atoms with van der Waals surface area (Å²) in [5.74, 6) is 0. The third-order valence-electron chi connectivity index (χ3n) is 4.81. The van der Waals surface area contributed by atoms with Crippen molar-refractivity contribution in [3.63, 3.8) is 0 Å². The first kappa shape index (κ1) is 16.1. The Labute approximate surface area is 146 Å². The van der Waals surface area contributed by atoms with Crippen LogP contribution in [-0.2, 0) is 6.54 Å². The molecule has 0 aliphatic carbocycles. The molecule has 0 unspecified atom stereocenters. The summed E-state index contributed by atoms with van der Waals surface area (Å²) in [5.41, 5.74) is 9.48. The van der Waals surface area contributed by atoms with Gasteiger partial charge in [-0.25, -0.2) is 4.79 Å². The second-order valence-corrected chi connectivity index (χ2v) is 6.95. The van der Waals surface area contributed by atoms with E-state index in [1.165, 1.54) is 5.56 Å². The minimum atomic E-state index is -0.274. The van der Waals surface area contributed by atoms with Crippen LogP contribution in [0.25, 0.3) is 16.7 Å². The number of hydrogen-bond acceptors (Lipinski definition) is 4. The first-order valence-corrected chi connectivity index (χ1v) is 8.75. The van der Waals surface area contributed by atoms with Crippen LogP contribution in [0.15, 0.2) is 41.3 Å². The molecular formula is C19H23N5O. The van der Waals surface area contributed by atoms with Crippen LogP contribution >= 0.6 is 0 Å². The maximum atomic E-state index is 12.3. The summed E-state index contributed by atoms with van der Waals surface area (Å²) in [6, 6.07) is 10.4. The molecule has 0 spiro atoms. The molecule has 0 saturated carbocycles. The predicted molar refractivity (Wildman–Crippen MR) is 98.9 cm³/mol. The second-order valence-electron chi connectivity index (χ2n) is 6.95. The highest BCUT2D eigenvalue weighted by Crippen LogP contribution is 2.16. The summed E-state index contributed by atoms with van der Waals surface area (Å²) in [4.78, 5) is 21.9. The number of piperidine rings is 1. The lowest BCUT2D eigenvalue weighted by molar-refractivity contribution is 0.201. The zero-order chi connectivity index (χ0) is 17.4. The van der Waals surface area contributed by atoms with E-state index in [2.05, 4.69) is 27.0 Å². The molecule has 0 amide bonds. The first-order chi connectivity index (χ1) is 12.1. The van der Waals surface area contributed by atoms with E-state index >= 15 is 0 Å². The van der Waals surface area contributed by atoms with Gasteiger partial charge in [0, 0.05) is 36.4 Å². The standard InChI is InChI=1S/C19H23N5O/c1-13-9-15-11-24(19(25)22-18(15)21-13)17-6-4-14(5-7-17)10-23-8-2-3-16(20)12-23/h4-7,9,11,16H,2-3,8,10,12,20H2,1H3,(H,21,22,25)/t16-/m0/s1. The van der Waals surface area contributed by atoms with Crippen LogP contribution < -0.4 is 11.4 Å². The van der Waals surface area contributed by atoms with Crippen LogP contribution in [0.2, 0.25) is 0 Å². The maximum Gasteiger partial charge on any atom is 0.354 e. The van der Waals surface area contributed by atoms with Gasteiger partial charge in [0.05, 0.1) is 5.69 Å². The van der Waals surface area contributed by atoms with Crippen LogP contribution in [0.1, 0.15) is 24.1 Å². The number of likely N-dealkylation sites (tertiary alicyclic amines) is 1. The largest absolute Gasteiger partial charge is 0.354 e. The Hall–Kier alpha value is -2.44. The summed E-state index contributed by atoms with van der Waals surface area (Å²) < 4.78 is 1.59. The summed E-state index contributed by atoms with van der Waals surface area (Å²) in [6.45, 7) is 4.91. The van der Waals surface area contributed by atoms with Gasteiger partial charge in [-0.1, -0.05) is 12.1 Å². The van der Waals surface area contributed by atoms with Crippen molar-refractivity contribution in [3.05, 3.63) is 58.3 Å². The van der Waals surface area contributed by atoms with Crippen molar-refractivity contribution in [2.45, 2.75) is 32.4 Å². The van der Waals surface area contributed by atoms with Crippen LogP contribution in [0.3, 0.4) is 0 Å². The van der Waals surface area contributed by atoms with Crippen molar-refractivity contribution in [3.8, 4) is 5.69 Å². The van der Waals surface area contributed by atoms with Crippen LogP contribution in [0, 0.1) is 6.92 Å². The zero-order valence-electron chi connectivity index (χ0n) is 14.4. The number of nitrogens with one attached hydrogen (secondary N) is 1. The van der Waals surface area contributed by atoms with Crippen molar-refractivity contribution in [2.24, 2.45) is 5.73 Å². The van der Waals surface area contributed by atoms with E-state index in [0.717, 1.165) is 49.2 Å². The molecule has 3 heterocycles. The van der Waals surface area contributed by atoms with Crippen molar-refractivity contribution in [1.82, 2.24) is 19.4 Å². The molecule has 1 aliphatic rings. The number of hydrogen-bond donors (Lipinski definition) is 2. The minimum absolute atomic E-state index is 0.274. The number of benzene rings is 1. The fraction of sp³-hybridized carbons (Fsp3) is 0.368. The molecule has 4 rings (SSSR count). The van der Waals surface area contributed by atoms with Gasteiger partial charge in [0.25, 0.3) is 0 Å². The highest BCUT2D eigenvalue weighted by atomic mass is 16.1. The van der Waals surface area contributed by atoms with Gasteiger partial charge in [-0.15, -0.1) is 0 Å². The summed E-state index contributed by atoms with van der Waals surface area (Å²) >= 11 is 0. The highest BCUT2D eigenvalue weighted by molar-refractivity contribution is 5.75. The molecule has 6 nitrogen and oxygen atoms in total. The zero-order valence-corrected chi connectivity index (χ0v) is 14.4. The number of H-pyrrole nitrogens is 1. The minimum Gasteiger partial charge on any atom is -0.343 e. The normalized spacial score (nSPS) is 18.7. The SMILES string of the molecule is Cc1cc2cn(-c3ccc(CN4CCC[C@H](N)C4)cc3)c(=O)nc2[nH]1. The quantitative estimate of drug-likeness (QED) is 0.765. The van der Waals surface area contributed by atoms with Gasteiger partial charge >= 0.3 is 5.69 Å². The van der Waals surface area contributed by atoms with E-state index in [0.29, 0.717) is 5.65 Å². The van der Waals surface area contributed by atoms with Gasteiger partial charge in [-0.2, -0.15) is 4.98 Å². The van der Waals surface area contributed by atoms with E-state index < -0.39 is 0 Å².